The number of benzene rings is 1. The smallest absolute Gasteiger partial charge is 0.340 e. The second-order valence-electron chi connectivity index (χ2n) is 9.03. The molecule has 0 spiro atoms. The topological polar surface area (TPSA) is 63.7 Å². The van der Waals surface area contributed by atoms with E-state index in [-0.39, 0.29) is 4.90 Å². The maximum Gasteiger partial charge on any atom is 0.340 e. The number of hydrogen-bond acceptors (Lipinski definition) is 5. The third-order valence-corrected chi connectivity index (χ3v) is 7.31. The Balaban J connectivity index is 1.96. The summed E-state index contributed by atoms with van der Waals surface area (Å²) < 4.78 is 28.7. The van der Waals surface area contributed by atoms with E-state index < -0.39 is 15.8 Å². The number of ether oxygens (including phenoxy) is 1. The Bertz CT molecular complexity index is 830. The molecule has 1 saturated heterocycles. The molecule has 6 heteroatoms. The highest BCUT2D eigenvalue weighted by Gasteiger charge is 2.50. The highest BCUT2D eigenvalue weighted by molar-refractivity contribution is 7.90. The molecule has 26 heavy (non-hydrogen) atoms. The molecule has 2 unspecified atom stereocenters. The van der Waals surface area contributed by atoms with Crippen LogP contribution in [0.5, 0.6) is 0 Å². The molecule has 2 aliphatic rings. The van der Waals surface area contributed by atoms with Crippen molar-refractivity contribution in [3.8, 4) is 0 Å². The SMILES string of the molecule is COC(=O)c1cc(S(C)(=O)=O)ccc1N1CCC2(C)CC(C)(C)CC2C1. The molecule has 1 heterocycles. The molecule has 0 N–H and O–H groups in total. The van der Waals surface area contributed by atoms with Crippen LogP contribution in [0.3, 0.4) is 0 Å². The Hall–Kier alpha value is -1.56. The van der Waals surface area contributed by atoms with Crippen molar-refractivity contribution in [1.82, 2.24) is 0 Å². The summed E-state index contributed by atoms with van der Waals surface area (Å²) in [5.41, 5.74) is 1.80. The molecule has 1 aliphatic heterocycles. The van der Waals surface area contributed by atoms with E-state index in [1.807, 2.05) is 0 Å². The molecular formula is C20H29NO4S. The highest BCUT2D eigenvalue weighted by atomic mass is 32.2. The van der Waals surface area contributed by atoms with Crippen molar-refractivity contribution in [2.24, 2.45) is 16.7 Å². The fourth-order valence-electron chi connectivity index (χ4n) is 5.06. The molecule has 0 radical (unpaired) electrons. The lowest BCUT2D eigenvalue weighted by molar-refractivity contribution is 0.0600. The molecule has 1 aromatic rings. The average molecular weight is 380 g/mol. The highest BCUT2D eigenvalue weighted by Crippen LogP contribution is 2.56. The largest absolute Gasteiger partial charge is 0.465 e. The third-order valence-electron chi connectivity index (χ3n) is 6.20. The van der Waals surface area contributed by atoms with Crippen LogP contribution in [0.4, 0.5) is 5.69 Å². The lowest BCUT2D eigenvalue weighted by Crippen LogP contribution is -2.44. The van der Waals surface area contributed by atoms with Crippen molar-refractivity contribution < 1.29 is 17.9 Å². The van der Waals surface area contributed by atoms with Crippen LogP contribution in [-0.4, -0.2) is 40.8 Å². The van der Waals surface area contributed by atoms with E-state index >= 15 is 0 Å². The zero-order valence-electron chi connectivity index (χ0n) is 16.3. The minimum absolute atomic E-state index is 0.144. The molecule has 1 saturated carbocycles. The number of anilines is 1. The maximum atomic E-state index is 12.3. The summed E-state index contributed by atoms with van der Waals surface area (Å²) in [5.74, 6) is 0.0805. The van der Waals surface area contributed by atoms with Crippen LogP contribution >= 0.6 is 0 Å². The predicted octanol–water partition coefficient (Wildman–Crippen LogP) is 3.53. The zero-order valence-corrected chi connectivity index (χ0v) is 17.1. The first-order valence-electron chi connectivity index (χ1n) is 9.13. The molecule has 2 fully saturated rings. The number of rotatable bonds is 3. The first-order chi connectivity index (χ1) is 12.0. The first kappa shape index (κ1) is 19.2. The quantitative estimate of drug-likeness (QED) is 0.752. The van der Waals surface area contributed by atoms with Gasteiger partial charge in [-0.25, -0.2) is 13.2 Å². The van der Waals surface area contributed by atoms with Gasteiger partial charge in [0, 0.05) is 19.3 Å². The van der Waals surface area contributed by atoms with Gasteiger partial charge in [0.15, 0.2) is 9.84 Å². The average Bonchev–Trinajstić information content (AvgIpc) is 2.79. The number of fused-ring (bicyclic) bond motifs is 1. The standard InChI is InChI=1S/C20H29NO4S/c1-19(2)11-14-12-21(9-8-20(14,3)13-19)17-7-6-15(26(5,23)24)10-16(17)18(22)25-4/h6-7,10,14H,8-9,11-13H2,1-5H3. The van der Waals surface area contributed by atoms with Crippen LogP contribution in [0.25, 0.3) is 0 Å². The molecule has 0 bridgehead atoms. The Morgan fingerprint density at radius 3 is 2.58 bits per heavy atom. The Kier molecular flexibility index (Phi) is 4.62. The summed E-state index contributed by atoms with van der Waals surface area (Å²) in [6.45, 7) is 8.81. The summed E-state index contributed by atoms with van der Waals surface area (Å²) in [4.78, 5) is 14.7. The minimum atomic E-state index is -3.38. The molecule has 1 aromatic carbocycles. The molecule has 144 valence electrons. The number of carbonyl (C=O) groups excluding carboxylic acids is 1. The summed E-state index contributed by atoms with van der Waals surface area (Å²) in [6, 6.07) is 4.79. The second kappa shape index (κ2) is 6.25. The van der Waals surface area contributed by atoms with Gasteiger partial charge in [-0.3, -0.25) is 0 Å². The van der Waals surface area contributed by atoms with Crippen molar-refractivity contribution >= 4 is 21.5 Å². The third kappa shape index (κ3) is 3.48. The van der Waals surface area contributed by atoms with Crippen molar-refractivity contribution in [2.75, 3.05) is 31.4 Å². The number of hydrogen-bond donors (Lipinski definition) is 0. The van der Waals surface area contributed by atoms with Gasteiger partial charge in [0.2, 0.25) is 0 Å². The molecule has 2 atom stereocenters. The van der Waals surface area contributed by atoms with Crippen LogP contribution in [0.2, 0.25) is 0 Å². The number of sulfone groups is 1. The number of piperidine rings is 1. The Labute approximate surface area is 156 Å². The molecule has 1 aliphatic carbocycles. The van der Waals surface area contributed by atoms with E-state index in [2.05, 4.69) is 25.7 Å². The van der Waals surface area contributed by atoms with Crippen LogP contribution in [-0.2, 0) is 14.6 Å². The van der Waals surface area contributed by atoms with E-state index in [4.69, 9.17) is 4.74 Å². The van der Waals surface area contributed by atoms with Crippen LogP contribution in [0.1, 0.15) is 50.4 Å². The number of carbonyl (C=O) groups is 1. The minimum Gasteiger partial charge on any atom is -0.465 e. The van der Waals surface area contributed by atoms with Gasteiger partial charge >= 0.3 is 5.97 Å². The van der Waals surface area contributed by atoms with E-state index in [1.54, 1.807) is 12.1 Å². The first-order valence-corrected chi connectivity index (χ1v) is 11.0. The summed E-state index contributed by atoms with van der Waals surface area (Å²) in [7, 11) is -2.05. The summed E-state index contributed by atoms with van der Waals surface area (Å²) >= 11 is 0. The van der Waals surface area contributed by atoms with E-state index in [1.165, 1.54) is 26.0 Å². The zero-order chi connectivity index (χ0) is 19.3. The molecule has 0 amide bonds. The molecule has 3 rings (SSSR count). The van der Waals surface area contributed by atoms with Crippen molar-refractivity contribution in [3.63, 3.8) is 0 Å². The van der Waals surface area contributed by atoms with Gasteiger partial charge in [0.1, 0.15) is 0 Å². The van der Waals surface area contributed by atoms with Gasteiger partial charge in [0.05, 0.1) is 23.3 Å². The molecular weight excluding hydrogens is 350 g/mol. The van der Waals surface area contributed by atoms with Gasteiger partial charge < -0.3 is 9.64 Å². The second-order valence-corrected chi connectivity index (χ2v) is 11.1. The molecule has 5 nitrogen and oxygen atoms in total. The fraction of sp³-hybridized carbons (Fsp3) is 0.650. The monoisotopic (exact) mass is 379 g/mol. The number of esters is 1. The van der Waals surface area contributed by atoms with Gasteiger partial charge in [-0.05, 0) is 54.2 Å². The maximum absolute atomic E-state index is 12.3. The van der Waals surface area contributed by atoms with E-state index in [0.29, 0.717) is 22.3 Å². The van der Waals surface area contributed by atoms with Gasteiger partial charge in [-0.1, -0.05) is 20.8 Å². The number of methoxy groups -OCH3 is 1. The van der Waals surface area contributed by atoms with Crippen LogP contribution < -0.4 is 4.90 Å². The lowest BCUT2D eigenvalue weighted by Gasteiger charge is -2.43. The van der Waals surface area contributed by atoms with Crippen molar-refractivity contribution in [1.29, 1.82) is 0 Å². The van der Waals surface area contributed by atoms with Crippen molar-refractivity contribution in [2.45, 2.75) is 44.9 Å². The van der Waals surface area contributed by atoms with Gasteiger partial charge in [0.25, 0.3) is 0 Å². The molecule has 0 aromatic heterocycles. The van der Waals surface area contributed by atoms with Gasteiger partial charge in [-0.15, -0.1) is 0 Å². The van der Waals surface area contributed by atoms with Crippen LogP contribution in [0, 0.1) is 16.7 Å². The predicted molar refractivity (Wildman–Crippen MR) is 102 cm³/mol. The normalized spacial score (nSPS) is 27.9. The van der Waals surface area contributed by atoms with Crippen molar-refractivity contribution in [3.05, 3.63) is 23.8 Å². The number of nitrogens with zero attached hydrogens (tertiary/aromatic N) is 1. The van der Waals surface area contributed by atoms with E-state index in [0.717, 1.165) is 31.5 Å². The Morgan fingerprint density at radius 1 is 1.27 bits per heavy atom. The van der Waals surface area contributed by atoms with Crippen LogP contribution in [0.15, 0.2) is 23.1 Å². The summed E-state index contributed by atoms with van der Waals surface area (Å²) in [5, 5.41) is 0. The van der Waals surface area contributed by atoms with E-state index in [9.17, 15) is 13.2 Å². The summed E-state index contributed by atoms with van der Waals surface area (Å²) in [6.07, 6.45) is 4.63. The lowest BCUT2D eigenvalue weighted by atomic mass is 9.73. The Morgan fingerprint density at radius 2 is 1.96 bits per heavy atom. The van der Waals surface area contributed by atoms with Gasteiger partial charge in [-0.2, -0.15) is 0 Å². The fourth-order valence-corrected chi connectivity index (χ4v) is 5.71.